The Labute approximate surface area is 204 Å². The molecule has 0 aromatic rings. The zero-order valence-corrected chi connectivity index (χ0v) is 19.7. The molecule has 0 rings (SSSR count). The van der Waals surface area contributed by atoms with Crippen molar-refractivity contribution in [2.75, 3.05) is 6.61 Å². The molecule has 0 aliphatic carbocycles. The van der Waals surface area contributed by atoms with E-state index in [2.05, 4.69) is 0 Å². The average molecular weight is 429 g/mol. The number of hydrogen-bond acceptors (Lipinski definition) is 11. The minimum absolute atomic E-state index is 0. The Balaban J connectivity index is 0. The Morgan fingerprint density at radius 3 is 1.46 bits per heavy atom. The summed E-state index contributed by atoms with van der Waals surface area (Å²) >= 11 is 0. The van der Waals surface area contributed by atoms with E-state index in [-0.39, 0.29) is 57.7 Å². The van der Waals surface area contributed by atoms with Crippen molar-refractivity contribution in [3.05, 3.63) is 0 Å². The zero-order chi connectivity index (χ0) is 21.1. The van der Waals surface area contributed by atoms with Crippen LogP contribution < -0.4 is 0 Å². The minimum atomic E-state index is -1.67. The van der Waals surface area contributed by atoms with Crippen LogP contribution in [0.5, 0.6) is 0 Å². The topological polar surface area (TPSA) is 149 Å². The van der Waals surface area contributed by atoms with Crippen LogP contribution in [0.25, 0.3) is 0 Å². The second kappa shape index (κ2) is 14.6. The van der Waals surface area contributed by atoms with E-state index in [1.165, 1.54) is 0 Å². The van der Waals surface area contributed by atoms with Crippen LogP contribution in [-0.4, -0.2) is 119 Å². The summed E-state index contributed by atoms with van der Waals surface area (Å²) in [5.41, 5.74) is 0. The van der Waals surface area contributed by atoms with Gasteiger partial charge in [-0.1, -0.05) is 0 Å². The third-order valence-electron chi connectivity index (χ3n) is 2.82. The summed E-state index contributed by atoms with van der Waals surface area (Å²) in [4.78, 5) is 68.0. The van der Waals surface area contributed by atoms with Crippen molar-refractivity contribution in [3.8, 4) is 0 Å². The van der Waals surface area contributed by atoms with Crippen LogP contribution >= 0.6 is 0 Å². The van der Waals surface area contributed by atoms with Gasteiger partial charge in [0.1, 0.15) is 6.61 Å². The normalized spacial score (nSPS) is 14.0. The van der Waals surface area contributed by atoms with Crippen LogP contribution in [0.1, 0.15) is 34.6 Å². The predicted molar refractivity (Wildman–Crippen MR) is 90.7 cm³/mol. The molecule has 0 aliphatic rings. The zero-order valence-electron chi connectivity index (χ0n) is 16.6. The van der Waals surface area contributed by atoms with E-state index in [9.17, 15) is 28.8 Å². The Kier molecular flexibility index (Phi) is 15.1. The van der Waals surface area contributed by atoms with Gasteiger partial charge < -0.3 is 23.7 Å². The molecule has 0 heterocycles. The number of rotatable bonds is 10. The summed E-state index contributed by atoms with van der Waals surface area (Å²) in [5, 5.41) is 0. The fourth-order valence-electron chi connectivity index (χ4n) is 2.03. The summed E-state index contributed by atoms with van der Waals surface area (Å²) < 4.78 is 24.6. The molecule has 0 amide bonds. The van der Waals surface area contributed by atoms with E-state index in [1.807, 2.05) is 0 Å². The first-order chi connectivity index (χ1) is 12.5. The van der Waals surface area contributed by atoms with Crippen molar-refractivity contribution < 1.29 is 52.5 Å². The molecule has 0 N–H and O–H groups in total. The maximum absolute atomic E-state index is 11.5. The molecule has 0 saturated carbocycles. The number of hydrogen-bond donors (Lipinski definition) is 0. The van der Waals surface area contributed by atoms with Gasteiger partial charge in [0.2, 0.25) is 0 Å². The molecule has 28 heavy (non-hydrogen) atoms. The number of esters is 5. The minimum Gasteiger partial charge on any atom is -0.462 e. The summed E-state index contributed by atoms with van der Waals surface area (Å²) in [6.07, 6.45) is -6.23. The molecule has 0 spiro atoms. The Morgan fingerprint density at radius 2 is 1.11 bits per heavy atom. The van der Waals surface area contributed by atoms with Gasteiger partial charge in [-0.05, 0) is 0 Å². The molecule has 0 fully saturated rings. The molecular weight excluding hydrogens is 407 g/mol. The van der Waals surface area contributed by atoms with Crippen LogP contribution in [-0.2, 0) is 52.5 Å². The Morgan fingerprint density at radius 1 is 0.679 bits per heavy atom. The third-order valence-corrected chi connectivity index (χ3v) is 2.82. The van der Waals surface area contributed by atoms with Gasteiger partial charge in [0, 0.05) is 86.0 Å². The third kappa shape index (κ3) is 12.2. The molecule has 153 valence electrons. The molecule has 0 bridgehead atoms. The second-order valence-corrected chi connectivity index (χ2v) is 5.31. The first-order valence-electron chi connectivity index (χ1n) is 7.75. The van der Waals surface area contributed by atoms with Gasteiger partial charge in [0.15, 0.2) is 30.7 Å². The maximum Gasteiger partial charge on any atom is 0.303 e. The number of ether oxygens (including phenoxy) is 5. The molecule has 11 nitrogen and oxygen atoms in total. The molecule has 0 aliphatic heterocycles. The van der Waals surface area contributed by atoms with E-state index < -0.39 is 60.9 Å². The van der Waals surface area contributed by atoms with Gasteiger partial charge in [-0.2, -0.15) is 0 Å². The van der Waals surface area contributed by atoms with Crippen LogP contribution in [0.4, 0.5) is 0 Å². The van der Waals surface area contributed by atoms with Crippen molar-refractivity contribution >= 4 is 87.5 Å². The van der Waals surface area contributed by atoms with E-state index in [0.717, 1.165) is 34.6 Å². The fourth-order valence-corrected chi connectivity index (χ4v) is 2.03. The van der Waals surface area contributed by atoms with Gasteiger partial charge in [0.25, 0.3) is 0 Å². The van der Waals surface area contributed by atoms with Crippen molar-refractivity contribution in [2.24, 2.45) is 0 Å². The number of aldehydes is 1. The molecule has 0 aromatic heterocycles. The number of carbonyl (C=O) groups is 6. The van der Waals surface area contributed by atoms with E-state index in [1.54, 1.807) is 0 Å². The molecule has 0 aromatic carbocycles. The van der Waals surface area contributed by atoms with Crippen LogP contribution in [0.15, 0.2) is 0 Å². The summed E-state index contributed by atoms with van der Waals surface area (Å²) in [6.45, 7) is 4.56. The first kappa shape index (κ1) is 28.9. The standard InChI is InChI=1S/C16H22O11.K/c1-8(18)23-7-14(25-10(3)20)16(27-12(5)22)15(26-11(4)21)13(6-17)24-9(2)19;/h6,13-16H,7H2,1-5H3;/t13-,14+,15+,16-;/m0./s1. The SMILES string of the molecule is CC(=O)OC[C@@H](OC(C)=O)[C@H](OC(C)=O)[C@H](OC(C)=O)[C@H](C=O)OC(C)=O.[K]. The molecular formula is C16H22KO11. The fraction of sp³-hybridized carbons (Fsp3) is 0.625. The van der Waals surface area contributed by atoms with Gasteiger partial charge >= 0.3 is 29.8 Å². The van der Waals surface area contributed by atoms with Gasteiger partial charge in [-0.15, -0.1) is 0 Å². The Hall–Kier alpha value is -1.34. The Bertz CT molecular complexity index is 589. The summed E-state index contributed by atoms with van der Waals surface area (Å²) in [7, 11) is 0. The molecule has 0 unspecified atom stereocenters. The number of carbonyl (C=O) groups excluding carboxylic acids is 6. The van der Waals surface area contributed by atoms with Crippen molar-refractivity contribution in [1.82, 2.24) is 0 Å². The van der Waals surface area contributed by atoms with Crippen LogP contribution in [0, 0.1) is 0 Å². The summed E-state index contributed by atoms with van der Waals surface area (Å²) in [6, 6.07) is 0. The van der Waals surface area contributed by atoms with Gasteiger partial charge in [-0.3, -0.25) is 28.8 Å². The van der Waals surface area contributed by atoms with Crippen molar-refractivity contribution in [1.29, 1.82) is 0 Å². The maximum atomic E-state index is 11.5. The van der Waals surface area contributed by atoms with E-state index >= 15 is 0 Å². The monoisotopic (exact) mass is 429 g/mol. The van der Waals surface area contributed by atoms with Crippen molar-refractivity contribution in [3.63, 3.8) is 0 Å². The van der Waals surface area contributed by atoms with Crippen LogP contribution in [0.3, 0.4) is 0 Å². The smallest absolute Gasteiger partial charge is 0.303 e. The first-order valence-corrected chi connectivity index (χ1v) is 7.75. The molecule has 4 atom stereocenters. The average Bonchev–Trinajstić information content (AvgIpc) is 2.51. The van der Waals surface area contributed by atoms with Crippen LogP contribution in [0.2, 0.25) is 0 Å². The van der Waals surface area contributed by atoms with Gasteiger partial charge in [-0.25, -0.2) is 0 Å². The van der Waals surface area contributed by atoms with Gasteiger partial charge in [0.05, 0.1) is 0 Å². The van der Waals surface area contributed by atoms with E-state index in [0.29, 0.717) is 0 Å². The molecule has 12 heteroatoms. The molecule has 0 saturated heterocycles. The second-order valence-electron chi connectivity index (χ2n) is 5.31. The quantitative estimate of drug-likeness (QED) is 0.184. The largest absolute Gasteiger partial charge is 0.462 e. The van der Waals surface area contributed by atoms with E-state index in [4.69, 9.17) is 23.7 Å². The molecule has 1 radical (unpaired) electrons. The predicted octanol–water partition coefficient (Wildman–Crippen LogP) is -0.906. The summed E-state index contributed by atoms with van der Waals surface area (Å²) in [5.74, 6) is -4.23. The van der Waals surface area contributed by atoms with Crippen molar-refractivity contribution in [2.45, 2.75) is 59.0 Å².